The fourth-order valence-electron chi connectivity index (χ4n) is 2.86. The smallest absolute Gasteiger partial charge is 0.281 e. The van der Waals surface area contributed by atoms with E-state index in [4.69, 9.17) is 0 Å². The number of carbonyl (C=O) groups is 1. The second kappa shape index (κ2) is 7.06. The monoisotopic (exact) mass is 331 g/mol. The first kappa shape index (κ1) is 15.9. The van der Waals surface area contributed by atoms with Gasteiger partial charge in [-0.25, -0.2) is 9.80 Å². The normalized spacial score (nSPS) is 21.8. The maximum absolute atomic E-state index is 12.2. The third-order valence-electron chi connectivity index (χ3n) is 4.10. The Morgan fingerprint density at radius 2 is 1.91 bits per heavy atom. The van der Waals surface area contributed by atoms with Crippen molar-refractivity contribution in [1.82, 2.24) is 19.8 Å². The molecule has 2 amide bonds. The molecule has 1 fully saturated rings. The topological polar surface area (TPSA) is 70.2 Å². The number of piperidine rings is 1. The highest BCUT2D eigenvalue weighted by Gasteiger charge is 2.26. The number of anilines is 1. The van der Waals surface area contributed by atoms with Gasteiger partial charge in [0.1, 0.15) is 0 Å². The van der Waals surface area contributed by atoms with Gasteiger partial charge in [0.2, 0.25) is 5.13 Å². The van der Waals surface area contributed by atoms with E-state index in [1.54, 1.807) is 0 Å². The Morgan fingerprint density at radius 1 is 1.22 bits per heavy atom. The summed E-state index contributed by atoms with van der Waals surface area (Å²) in [5, 5.41) is 5.30. The van der Waals surface area contributed by atoms with Gasteiger partial charge in [-0.15, -0.1) is 0 Å². The van der Waals surface area contributed by atoms with Gasteiger partial charge < -0.3 is 0 Å². The largest absolute Gasteiger partial charge is 0.335 e. The lowest BCUT2D eigenvalue weighted by atomic mass is 10.00. The van der Waals surface area contributed by atoms with Crippen molar-refractivity contribution in [2.75, 3.05) is 5.32 Å². The highest BCUT2D eigenvalue weighted by atomic mass is 32.1. The van der Waals surface area contributed by atoms with Crippen molar-refractivity contribution in [2.45, 2.75) is 45.2 Å². The molecule has 0 saturated carbocycles. The van der Waals surface area contributed by atoms with E-state index >= 15 is 0 Å². The Hall–Kier alpha value is -1.99. The van der Waals surface area contributed by atoms with E-state index in [9.17, 15) is 4.79 Å². The van der Waals surface area contributed by atoms with Crippen molar-refractivity contribution < 1.29 is 4.79 Å². The van der Waals surface area contributed by atoms with Gasteiger partial charge in [0.15, 0.2) is 5.82 Å². The van der Waals surface area contributed by atoms with Crippen LogP contribution in [0.1, 0.15) is 33.1 Å². The number of rotatable bonds is 3. The molecule has 0 spiro atoms. The number of nitrogens with one attached hydrogen (secondary N) is 2. The lowest BCUT2D eigenvalue weighted by Crippen LogP contribution is -2.55. The molecule has 1 aliphatic heterocycles. The Labute approximate surface area is 140 Å². The van der Waals surface area contributed by atoms with Crippen LogP contribution in [-0.2, 0) is 0 Å². The van der Waals surface area contributed by atoms with Gasteiger partial charge in [-0.1, -0.05) is 36.8 Å². The van der Waals surface area contributed by atoms with Crippen LogP contribution in [0.3, 0.4) is 0 Å². The summed E-state index contributed by atoms with van der Waals surface area (Å²) in [4.78, 5) is 16.6. The molecule has 1 aromatic heterocycles. The average molecular weight is 331 g/mol. The van der Waals surface area contributed by atoms with Crippen molar-refractivity contribution in [3.8, 4) is 11.4 Å². The molecule has 7 heteroatoms. The second-order valence-electron chi connectivity index (χ2n) is 5.89. The molecule has 122 valence electrons. The van der Waals surface area contributed by atoms with Gasteiger partial charge in [-0.3, -0.25) is 10.7 Å². The molecule has 0 unspecified atom stereocenters. The van der Waals surface area contributed by atoms with E-state index in [1.807, 2.05) is 35.3 Å². The number of benzene rings is 1. The molecule has 2 aromatic rings. The summed E-state index contributed by atoms with van der Waals surface area (Å²) < 4.78 is 4.29. The highest BCUT2D eigenvalue weighted by Crippen LogP contribution is 2.22. The number of hydrogen-bond donors (Lipinski definition) is 2. The molecular weight excluding hydrogens is 310 g/mol. The molecule has 0 radical (unpaired) electrons. The SMILES string of the molecule is C[C@@H]1CCC[C@H](C)N1NC(=O)Nc1nc(-c2ccccc2)ns1. The fraction of sp³-hybridized carbons (Fsp3) is 0.438. The summed E-state index contributed by atoms with van der Waals surface area (Å²) in [5.74, 6) is 0.630. The number of nitrogens with zero attached hydrogens (tertiary/aromatic N) is 3. The van der Waals surface area contributed by atoms with Crippen LogP contribution in [0, 0.1) is 0 Å². The van der Waals surface area contributed by atoms with Crippen LogP contribution >= 0.6 is 11.5 Å². The lowest BCUT2D eigenvalue weighted by molar-refractivity contribution is 0.0625. The first-order chi connectivity index (χ1) is 11.1. The van der Waals surface area contributed by atoms with Gasteiger partial charge in [0.05, 0.1) is 0 Å². The van der Waals surface area contributed by atoms with Crippen LogP contribution in [0.2, 0.25) is 0 Å². The summed E-state index contributed by atoms with van der Waals surface area (Å²) in [6.07, 6.45) is 3.40. The average Bonchev–Trinajstić information content (AvgIpc) is 3.00. The number of urea groups is 1. The van der Waals surface area contributed by atoms with E-state index in [1.165, 1.54) is 18.0 Å². The van der Waals surface area contributed by atoms with Gasteiger partial charge in [-0.05, 0) is 26.7 Å². The predicted molar refractivity (Wildman–Crippen MR) is 92.1 cm³/mol. The van der Waals surface area contributed by atoms with Gasteiger partial charge in [0.25, 0.3) is 0 Å². The third kappa shape index (κ3) is 3.86. The summed E-state index contributed by atoms with van der Waals surface area (Å²) >= 11 is 1.18. The highest BCUT2D eigenvalue weighted by molar-refractivity contribution is 7.10. The molecule has 1 aliphatic rings. The van der Waals surface area contributed by atoms with Crippen LogP contribution < -0.4 is 10.7 Å². The Balaban J connectivity index is 1.61. The standard InChI is InChI=1S/C16H21N5OS/c1-11-7-6-8-12(2)21(11)19-15(22)18-16-17-14(20-23-16)13-9-4-3-5-10-13/h3-5,9-12H,6-8H2,1-2H3,(H2,17,18,19,20,22)/t11-,12+. The number of amides is 2. The molecule has 1 saturated heterocycles. The Morgan fingerprint density at radius 3 is 2.61 bits per heavy atom. The quantitative estimate of drug-likeness (QED) is 0.903. The zero-order chi connectivity index (χ0) is 16.2. The van der Waals surface area contributed by atoms with E-state index < -0.39 is 0 Å². The first-order valence-corrected chi connectivity index (χ1v) is 8.66. The maximum atomic E-state index is 12.2. The predicted octanol–water partition coefficient (Wildman–Crippen LogP) is 3.50. The van der Waals surface area contributed by atoms with Crippen LogP contribution in [0.15, 0.2) is 30.3 Å². The summed E-state index contributed by atoms with van der Waals surface area (Å²) in [7, 11) is 0. The van der Waals surface area contributed by atoms with Crippen molar-refractivity contribution >= 4 is 22.7 Å². The maximum Gasteiger partial charge on any atom is 0.335 e. The second-order valence-corrected chi connectivity index (χ2v) is 6.64. The zero-order valence-electron chi connectivity index (χ0n) is 13.3. The minimum atomic E-state index is -0.263. The van der Waals surface area contributed by atoms with Crippen LogP contribution in [0.25, 0.3) is 11.4 Å². The van der Waals surface area contributed by atoms with Gasteiger partial charge in [0, 0.05) is 29.2 Å². The Bertz CT molecular complexity index is 650. The molecule has 2 heterocycles. The number of aromatic nitrogens is 2. The molecular formula is C16H21N5OS. The molecule has 2 atom stereocenters. The zero-order valence-corrected chi connectivity index (χ0v) is 14.1. The molecule has 1 aromatic carbocycles. The number of carbonyl (C=O) groups excluding carboxylic acids is 1. The van der Waals surface area contributed by atoms with E-state index in [0.29, 0.717) is 23.0 Å². The Kier molecular flexibility index (Phi) is 4.88. The minimum absolute atomic E-state index is 0.263. The molecule has 2 N–H and O–H groups in total. The number of hydrogen-bond acceptors (Lipinski definition) is 5. The fourth-order valence-corrected chi connectivity index (χ4v) is 3.45. The summed E-state index contributed by atoms with van der Waals surface area (Å²) in [6, 6.07) is 10.2. The van der Waals surface area contributed by atoms with Gasteiger partial charge in [-0.2, -0.15) is 9.36 Å². The molecule has 6 nitrogen and oxygen atoms in total. The number of hydrazine groups is 1. The van der Waals surface area contributed by atoms with Gasteiger partial charge >= 0.3 is 6.03 Å². The summed E-state index contributed by atoms with van der Waals surface area (Å²) in [6.45, 7) is 4.27. The lowest BCUT2D eigenvalue weighted by Gasteiger charge is -2.38. The van der Waals surface area contributed by atoms with Crippen molar-refractivity contribution in [3.05, 3.63) is 30.3 Å². The molecule has 23 heavy (non-hydrogen) atoms. The van der Waals surface area contributed by atoms with Crippen molar-refractivity contribution in [1.29, 1.82) is 0 Å². The van der Waals surface area contributed by atoms with E-state index in [0.717, 1.165) is 18.4 Å². The molecule has 0 bridgehead atoms. The van der Waals surface area contributed by atoms with E-state index in [-0.39, 0.29) is 6.03 Å². The molecule has 0 aliphatic carbocycles. The van der Waals surface area contributed by atoms with E-state index in [2.05, 4.69) is 33.9 Å². The summed E-state index contributed by atoms with van der Waals surface area (Å²) in [5.41, 5.74) is 3.88. The van der Waals surface area contributed by atoms with Crippen LogP contribution in [0.4, 0.5) is 9.93 Å². The minimum Gasteiger partial charge on any atom is -0.281 e. The van der Waals surface area contributed by atoms with Crippen LogP contribution in [0.5, 0.6) is 0 Å². The van der Waals surface area contributed by atoms with Crippen molar-refractivity contribution in [2.24, 2.45) is 0 Å². The van der Waals surface area contributed by atoms with Crippen LogP contribution in [-0.4, -0.2) is 32.5 Å². The van der Waals surface area contributed by atoms with Crippen molar-refractivity contribution in [3.63, 3.8) is 0 Å². The third-order valence-corrected chi connectivity index (χ3v) is 4.73. The first-order valence-electron chi connectivity index (χ1n) is 7.88. The molecule has 3 rings (SSSR count).